The van der Waals surface area contributed by atoms with Gasteiger partial charge in [-0.1, -0.05) is 42.5 Å². The highest BCUT2D eigenvalue weighted by atomic mass is 19.1. The minimum atomic E-state index is -0.463. The maximum Gasteiger partial charge on any atom is 0.257 e. The number of rotatable bonds is 6. The van der Waals surface area contributed by atoms with Crippen molar-refractivity contribution in [1.82, 2.24) is 14.7 Å². The van der Waals surface area contributed by atoms with Gasteiger partial charge in [-0.25, -0.2) is 4.39 Å². The molecule has 138 valence electrons. The molecule has 4 nitrogen and oxygen atoms in total. The van der Waals surface area contributed by atoms with Gasteiger partial charge in [0.15, 0.2) is 0 Å². The zero-order chi connectivity index (χ0) is 18.4. The van der Waals surface area contributed by atoms with Crippen LogP contribution >= 0.6 is 0 Å². The van der Waals surface area contributed by atoms with Crippen molar-refractivity contribution in [2.75, 3.05) is 46.3 Å². The first-order valence-corrected chi connectivity index (χ1v) is 9.12. The average Bonchev–Trinajstić information content (AvgIpc) is 2.67. The van der Waals surface area contributed by atoms with Gasteiger partial charge < -0.3 is 9.80 Å². The second-order valence-electron chi connectivity index (χ2n) is 6.84. The fourth-order valence-electron chi connectivity index (χ4n) is 3.19. The molecule has 1 aliphatic rings. The van der Waals surface area contributed by atoms with Crippen LogP contribution in [-0.4, -0.2) is 66.9 Å². The molecule has 1 heterocycles. The smallest absolute Gasteiger partial charge is 0.257 e. The number of amides is 1. The van der Waals surface area contributed by atoms with Crippen molar-refractivity contribution in [3.05, 3.63) is 71.5 Å². The van der Waals surface area contributed by atoms with Crippen LogP contribution in [0.15, 0.2) is 54.6 Å². The van der Waals surface area contributed by atoms with Gasteiger partial charge in [-0.05, 0) is 24.7 Å². The predicted molar refractivity (Wildman–Crippen MR) is 102 cm³/mol. The molecule has 0 saturated carbocycles. The summed E-state index contributed by atoms with van der Waals surface area (Å²) in [6.07, 6.45) is 0. The molecule has 0 spiro atoms. The SMILES string of the molecule is CN1CCN(CCN(Cc2ccccc2)C(=O)c2ccccc2F)CC1. The highest BCUT2D eigenvalue weighted by Gasteiger charge is 2.21. The number of piperazine rings is 1. The Morgan fingerprint density at radius 1 is 1.00 bits per heavy atom. The van der Waals surface area contributed by atoms with E-state index in [1.807, 2.05) is 30.3 Å². The molecule has 0 atom stereocenters. The fraction of sp³-hybridized carbons (Fsp3) is 0.381. The number of carbonyl (C=O) groups excluding carboxylic acids is 1. The Bertz CT molecular complexity index is 714. The van der Waals surface area contributed by atoms with Crippen molar-refractivity contribution in [1.29, 1.82) is 0 Å². The Labute approximate surface area is 154 Å². The lowest BCUT2D eigenvalue weighted by Gasteiger charge is -2.34. The first kappa shape index (κ1) is 18.5. The monoisotopic (exact) mass is 355 g/mol. The fourth-order valence-corrected chi connectivity index (χ4v) is 3.19. The Hall–Kier alpha value is -2.24. The number of halogens is 1. The van der Waals surface area contributed by atoms with E-state index in [1.54, 1.807) is 23.1 Å². The van der Waals surface area contributed by atoms with Crippen LogP contribution < -0.4 is 0 Å². The van der Waals surface area contributed by atoms with Crippen LogP contribution in [0.5, 0.6) is 0 Å². The van der Waals surface area contributed by atoms with E-state index >= 15 is 0 Å². The molecule has 0 radical (unpaired) electrons. The van der Waals surface area contributed by atoms with Crippen molar-refractivity contribution in [3.63, 3.8) is 0 Å². The quantitative estimate of drug-likeness (QED) is 0.797. The highest BCUT2D eigenvalue weighted by Crippen LogP contribution is 2.14. The molecule has 0 N–H and O–H groups in total. The van der Waals surface area contributed by atoms with Gasteiger partial charge in [-0.3, -0.25) is 9.69 Å². The van der Waals surface area contributed by atoms with Crippen LogP contribution in [0.4, 0.5) is 4.39 Å². The zero-order valence-electron chi connectivity index (χ0n) is 15.3. The summed E-state index contributed by atoms with van der Waals surface area (Å²) >= 11 is 0. The molecule has 1 amide bonds. The van der Waals surface area contributed by atoms with Gasteiger partial charge in [0.25, 0.3) is 5.91 Å². The maximum atomic E-state index is 14.1. The second-order valence-corrected chi connectivity index (χ2v) is 6.84. The summed E-state index contributed by atoms with van der Waals surface area (Å²) in [7, 11) is 2.13. The molecule has 26 heavy (non-hydrogen) atoms. The predicted octanol–water partition coefficient (Wildman–Crippen LogP) is 2.72. The first-order valence-electron chi connectivity index (χ1n) is 9.12. The van der Waals surface area contributed by atoms with Gasteiger partial charge in [0.1, 0.15) is 5.82 Å². The normalized spacial score (nSPS) is 15.8. The number of likely N-dealkylation sites (N-methyl/N-ethyl adjacent to an activating group) is 1. The Morgan fingerprint density at radius 3 is 2.35 bits per heavy atom. The van der Waals surface area contributed by atoms with Gasteiger partial charge in [-0.2, -0.15) is 0 Å². The summed E-state index contributed by atoms with van der Waals surface area (Å²) in [6, 6.07) is 16.1. The van der Waals surface area contributed by atoms with E-state index in [0.29, 0.717) is 13.1 Å². The third kappa shape index (κ3) is 4.90. The highest BCUT2D eigenvalue weighted by molar-refractivity contribution is 5.94. The van der Waals surface area contributed by atoms with Crippen molar-refractivity contribution in [3.8, 4) is 0 Å². The average molecular weight is 355 g/mol. The number of benzene rings is 2. The van der Waals surface area contributed by atoms with E-state index in [4.69, 9.17) is 0 Å². The molecule has 0 aromatic heterocycles. The third-order valence-corrected chi connectivity index (χ3v) is 4.89. The molecule has 3 rings (SSSR count). The summed E-state index contributed by atoms with van der Waals surface area (Å²) in [5.74, 6) is -0.712. The van der Waals surface area contributed by atoms with Crippen LogP contribution in [0.2, 0.25) is 0 Å². The van der Waals surface area contributed by atoms with Crippen LogP contribution in [0.25, 0.3) is 0 Å². The molecule has 0 unspecified atom stereocenters. The lowest BCUT2D eigenvalue weighted by molar-refractivity contribution is 0.0696. The maximum absolute atomic E-state index is 14.1. The summed E-state index contributed by atoms with van der Waals surface area (Å²) in [4.78, 5) is 19.4. The molecule has 2 aromatic carbocycles. The van der Waals surface area contributed by atoms with E-state index in [-0.39, 0.29) is 11.5 Å². The molecule has 2 aromatic rings. The topological polar surface area (TPSA) is 26.8 Å². The van der Waals surface area contributed by atoms with Crippen LogP contribution in [0.1, 0.15) is 15.9 Å². The van der Waals surface area contributed by atoms with E-state index in [2.05, 4.69) is 16.8 Å². The van der Waals surface area contributed by atoms with Crippen molar-refractivity contribution in [2.45, 2.75) is 6.54 Å². The molecule has 0 bridgehead atoms. The Balaban J connectivity index is 1.71. The van der Waals surface area contributed by atoms with Crippen molar-refractivity contribution in [2.24, 2.45) is 0 Å². The number of carbonyl (C=O) groups is 1. The molecular formula is C21H26FN3O. The molecular weight excluding hydrogens is 329 g/mol. The first-order chi connectivity index (χ1) is 12.6. The van der Waals surface area contributed by atoms with Crippen LogP contribution in [-0.2, 0) is 6.54 Å². The van der Waals surface area contributed by atoms with E-state index in [1.165, 1.54) is 6.07 Å². The van der Waals surface area contributed by atoms with E-state index < -0.39 is 5.82 Å². The molecule has 1 fully saturated rings. The van der Waals surface area contributed by atoms with E-state index in [9.17, 15) is 9.18 Å². The second kappa shape index (κ2) is 8.92. The molecule has 5 heteroatoms. The van der Waals surface area contributed by atoms with Gasteiger partial charge in [-0.15, -0.1) is 0 Å². The number of hydrogen-bond acceptors (Lipinski definition) is 3. The molecule has 1 saturated heterocycles. The van der Waals surface area contributed by atoms with Gasteiger partial charge in [0.05, 0.1) is 5.56 Å². The minimum Gasteiger partial charge on any atom is -0.333 e. The van der Waals surface area contributed by atoms with Gasteiger partial charge >= 0.3 is 0 Å². The minimum absolute atomic E-state index is 0.141. The van der Waals surface area contributed by atoms with Gasteiger partial charge in [0.2, 0.25) is 0 Å². The summed E-state index contributed by atoms with van der Waals surface area (Å²) < 4.78 is 14.1. The lowest BCUT2D eigenvalue weighted by Crippen LogP contribution is -2.47. The van der Waals surface area contributed by atoms with Crippen LogP contribution in [0, 0.1) is 5.82 Å². The Morgan fingerprint density at radius 2 is 1.65 bits per heavy atom. The standard InChI is InChI=1S/C21H26FN3O/c1-23-11-13-24(14-12-23)15-16-25(17-18-7-3-2-4-8-18)21(26)19-9-5-6-10-20(19)22/h2-10H,11-17H2,1H3. The Kier molecular flexibility index (Phi) is 6.36. The van der Waals surface area contributed by atoms with Crippen molar-refractivity contribution >= 4 is 5.91 Å². The molecule has 1 aliphatic heterocycles. The summed E-state index contributed by atoms with van der Waals surface area (Å²) in [5.41, 5.74) is 1.19. The van der Waals surface area contributed by atoms with Crippen LogP contribution in [0.3, 0.4) is 0 Å². The van der Waals surface area contributed by atoms with Gasteiger partial charge in [0, 0.05) is 45.8 Å². The number of nitrogens with zero attached hydrogens (tertiary/aromatic N) is 3. The third-order valence-electron chi connectivity index (χ3n) is 4.89. The summed E-state index contributed by atoms with van der Waals surface area (Å²) in [5, 5.41) is 0. The van der Waals surface area contributed by atoms with Crippen molar-refractivity contribution < 1.29 is 9.18 Å². The lowest BCUT2D eigenvalue weighted by atomic mass is 10.1. The summed E-state index contributed by atoms with van der Waals surface area (Å²) in [6.45, 7) is 5.97. The largest absolute Gasteiger partial charge is 0.333 e. The zero-order valence-corrected chi connectivity index (χ0v) is 15.3. The number of hydrogen-bond donors (Lipinski definition) is 0. The molecule has 0 aliphatic carbocycles. The van der Waals surface area contributed by atoms with E-state index in [0.717, 1.165) is 38.3 Å².